The molecule has 1 aliphatic heterocycles. The third kappa shape index (κ3) is 3.15. The second-order valence-electron chi connectivity index (χ2n) is 4.17. The van der Waals surface area contributed by atoms with E-state index in [-0.39, 0.29) is 22.4 Å². The molecule has 1 unspecified atom stereocenters. The zero-order valence-electron chi connectivity index (χ0n) is 10.5. The zero-order valence-corrected chi connectivity index (χ0v) is 11.3. The fourth-order valence-electron chi connectivity index (χ4n) is 1.90. The molecule has 0 radical (unpaired) electrons. The fraction of sp³-hybridized carbons (Fsp3) is 0.462. The van der Waals surface area contributed by atoms with E-state index >= 15 is 0 Å². The molecular weight excluding hydrogens is 274 g/mol. The number of benzene rings is 1. The minimum atomic E-state index is -2.61. The number of amidine groups is 1. The molecule has 19 heavy (non-hydrogen) atoms. The molecule has 1 aromatic carbocycles. The number of halogens is 3. The van der Waals surface area contributed by atoms with E-state index in [2.05, 4.69) is 10.3 Å². The molecule has 1 aromatic rings. The Hall–Kier alpha value is -1.36. The van der Waals surface area contributed by atoms with Gasteiger partial charge in [-0.25, -0.2) is 8.78 Å². The van der Waals surface area contributed by atoms with Gasteiger partial charge >= 0.3 is 0 Å². The highest BCUT2D eigenvalue weighted by Gasteiger charge is 2.22. The highest BCUT2D eigenvalue weighted by Crippen LogP contribution is 2.34. The molecule has 0 aliphatic carbocycles. The Labute approximate surface area is 115 Å². The monoisotopic (exact) mass is 288 g/mol. The molecule has 6 heteroatoms. The number of nitrogens with zero attached hydrogens (tertiary/aromatic N) is 1. The third-order valence-electron chi connectivity index (χ3n) is 2.87. The van der Waals surface area contributed by atoms with Crippen molar-refractivity contribution >= 4 is 17.4 Å². The summed E-state index contributed by atoms with van der Waals surface area (Å²) in [6.45, 7) is 3.43. The first-order valence-electron chi connectivity index (χ1n) is 6.15. The first-order valence-corrected chi connectivity index (χ1v) is 6.52. The maximum absolute atomic E-state index is 12.8. The topological polar surface area (TPSA) is 33.6 Å². The summed E-state index contributed by atoms with van der Waals surface area (Å²) in [5.74, 6) is 1.02. The SMILES string of the molecule is CCC(Oc1cccc(C(F)F)c1Cl)C1=NCCN1. The van der Waals surface area contributed by atoms with Gasteiger partial charge in [0.1, 0.15) is 11.6 Å². The van der Waals surface area contributed by atoms with Crippen molar-refractivity contribution < 1.29 is 13.5 Å². The number of aliphatic imine (C=N–C) groups is 1. The van der Waals surface area contributed by atoms with Gasteiger partial charge < -0.3 is 10.1 Å². The van der Waals surface area contributed by atoms with Crippen molar-refractivity contribution in [2.24, 2.45) is 4.99 Å². The molecule has 3 nitrogen and oxygen atoms in total. The number of ether oxygens (including phenoxy) is 1. The van der Waals surface area contributed by atoms with Crippen molar-refractivity contribution in [2.45, 2.75) is 25.9 Å². The molecule has 2 rings (SSSR count). The Balaban J connectivity index is 2.20. The van der Waals surface area contributed by atoms with E-state index in [0.29, 0.717) is 13.0 Å². The van der Waals surface area contributed by atoms with Crippen LogP contribution in [0.5, 0.6) is 5.75 Å². The summed E-state index contributed by atoms with van der Waals surface area (Å²) in [7, 11) is 0. The van der Waals surface area contributed by atoms with E-state index < -0.39 is 6.43 Å². The molecule has 1 N–H and O–H groups in total. The zero-order chi connectivity index (χ0) is 13.8. The average molecular weight is 289 g/mol. The van der Waals surface area contributed by atoms with Crippen LogP contribution in [0.15, 0.2) is 23.2 Å². The van der Waals surface area contributed by atoms with Crippen LogP contribution in [0.1, 0.15) is 25.3 Å². The lowest BCUT2D eigenvalue weighted by Gasteiger charge is -2.19. The summed E-state index contributed by atoms with van der Waals surface area (Å²) >= 11 is 5.95. The van der Waals surface area contributed by atoms with Gasteiger partial charge in [-0.1, -0.05) is 30.7 Å². The lowest BCUT2D eigenvalue weighted by Crippen LogP contribution is -2.35. The Morgan fingerprint density at radius 3 is 2.84 bits per heavy atom. The maximum Gasteiger partial charge on any atom is 0.265 e. The smallest absolute Gasteiger partial charge is 0.265 e. The second kappa shape index (κ2) is 6.19. The maximum atomic E-state index is 12.8. The summed E-state index contributed by atoms with van der Waals surface area (Å²) in [5, 5.41) is 3.09. The molecule has 104 valence electrons. The van der Waals surface area contributed by atoms with E-state index in [9.17, 15) is 8.78 Å². The van der Waals surface area contributed by atoms with Crippen LogP contribution in [0.3, 0.4) is 0 Å². The van der Waals surface area contributed by atoms with Gasteiger partial charge in [0.25, 0.3) is 6.43 Å². The van der Waals surface area contributed by atoms with Gasteiger partial charge in [-0.3, -0.25) is 4.99 Å². The van der Waals surface area contributed by atoms with Crippen LogP contribution in [0.2, 0.25) is 5.02 Å². The van der Waals surface area contributed by atoms with Gasteiger partial charge in [0.2, 0.25) is 0 Å². The number of rotatable bonds is 5. The highest BCUT2D eigenvalue weighted by atomic mass is 35.5. The molecule has 0 saturated heterocycles. The number of nitrogens with one attached hydrogen (secondary N) is 1. The van der Waals surface area contributed by atoms with Crippen LogP contribution >= 0.6 is 11.6 Å². The van der Waals surface area contributed by atoms with Gasteiger partial charge in [-0.05, 0) is 12.5 Å². The predicted molar refractivity (Wildman–Crippen MR) is 71.4 cm³/mol. The largest absolute Gasteiger partial charge is 0.481 e. The fourth-order valence-corrected chi connectivity index (χ4v) is 2.16. The van der Waals surface area contributed by atoms with Gasteiger partial charge in [-0.15, -0.1) is 0 Å². The molecule has 0 bridgehead atoms. The highest BCUT2D eigenvalue weighted by molar-refractivity contribution is 6.32. The van der Waals surface area contributed by atoms with Crippen LogP contribution in [0.25, 0.3) is 0 Å². The van der Waals surface area contributed by atoms with E-state index in [1.54, 1.807) is 6.07 Å². The third-order valence-corrected chi connectivity index (χ3v) is 3.28. The van der Waals surface area contributed by atoms with E-state index in [4.69, 9.17) is 16.3 Å². The molecule has 1 atom stereocenters. The molecular formula is C13H15ClF2N2O. The Morgan fingerprint density at radius 1 is 1.47 bits per heavy atom. The standard InChI is InChI=1S/C13H15ClF2N2O/c1-2-9(13-17-6-7-18-13)19-10-5-3-4-8(11(10)14)12(15)16/h3-5,9,12H,2,6-7H2,1H3,(H,17,18). The molecule has 1 aliphatic rings. The lowest BCUT2D eigenvalue weighted by atomic mass is 10.2. The Bertz CT molecular complexity index is 480. The predicted octanol–water partition coefficient (Wildman–Crippen LogP) is 3.44. The quantitative estimate of drug-likeness (QED) is 0.900. The van der Waals surface area contributed by atoms with Crippen molar-refractivity contribution in [1.82, 2.24) is 5.32 Å². The molecule has 1 heterocycles. The van der Waals surface area contributed by atoms with Crippen LogP contribution in [-0.2, 0) is 0 Å². The van der Waals surface area contributed by atoms with Gasteiger partial charge in [0.15, 0.2) is 6.10 Å². The molecule has 0 aromatic heterocycles. The van der Waals surface area contributed by atoms with E-state index in [1.807, 2.05) is 6.92 Å². The van der Waals surface area contributed by atoms with Crippen LogP contribution < -0.4 is 10.1 Å². The summed E-state index contributed by atoms with van der Waals surface area (Å²) in [4.78, 5) is 4.28. The van der Waals surface area contributed by atoms with Crippen molar-refractivity contribution in [2.75, 3.05) is 13.1 Å². The first kappa shape index (κ1) is 14.1. The summed E-state index contributed by atoms with van der Waals surface area (Å²) in [6.07, 6.45) is -2.22. The van der Waals surface area contributed by atoms with Crippen LogP contribution in [0, 0.1) is 0 Å². The lowest BCUT2D eigenvalue weighted by molar-refractivity contribution is 0.150. The summed E-state index contributed by atoms with van der Waals surface area (Å²) in [6, 6.07) is 4.40. The van der Waals surface area contributed by atoms with Crippen molar-refractivity contribution in [3.8, 4) is 5.75 Å². The van der Waals surface area contributed by atoms with Crippen molar-refractivity contribution in [1.29, 1.82) is 0 Å². The summed E-state index contributed by atoms with van der Waals surface area (Å²) in [5.41, 5.74) is -0.213. The van der Waals surface area contributed by atoms with Gasteiger partial charge in [-0.2, -0.15) is 0 Å². The molecule has 0 saturated carbocycles. The van der Waals surface area contributed by atoms with Gasteiger partial charge in [0.05, 0.1) is 11.6 Å². The molecule has 0 fully saturated rings. The van der Waals surface area contributed by atoms with E-state index in [0.717, 1.165) is 12.4 Å². The first-order chi connectivity index (χ1) is 9.13. The minimum Gasteiger partial charge on any atom is -0.481 e. The molecule has 0 spiro atoms. The van der Waals surface area contributed by atoms with Crippen LogP contribution in [-0.4, -0.2) is 25.0 Å². The van der Waals surface area contributed by atoms with Crippen molar-refractivity contribution in [3.05, 3.63) is 28.8 Å². The molecule has 0 amide bonds. The van der Waals surface area contributed by atoms with Gasteiger partial charge in [0, 0.05) is 12.1 Å². The number of alkyl halides is 2. The second-order valence-corrected chi connectivity index (χ2v) is 4.55. The van der Waals surface area contributed by atoms with Crippen LogP contribution in [0.4, 0.5) is 8.78 Å². The minimum absolute atomic E-state index is 0.0328. The van der Waals surface area contributed by atoms with E-state index in [1.165, 1.54) is 12.1 Å². The number of hydrogen-bond acceptors (Lipinski definition) is 3. The summed E-state index contributed by atoms with van der Waals surface area (Å²) < 4.78 is 31.2. The Kier molecular flexibility index (Phi) is 4.58. The van der Waals surface area contributed by atoms with Crippen molar-refractivity contribution in [3.63, 3.8) is 0 Å². The Morgan fingerprint density at radius 2 is 2.26 bits per heavy atom. The number of hydrogen-bond donors (Lipinski definition) is 1. The normalized spacial score (nSPS) is 16.2. The average Bonchev–Trinajstić information content (AvgIpc) is 2.91.